The molecule has 0 radical (unpaired) electrons. The molecule has 0 aliphatic heterocycles. The quantitative estimate of drug-likeness (QED) is 0.751. The van der Waals surface area contributed by atoms with Gasteiger partial charge >= 0.3 is 0 Å². The van der Waals surface area contributed by atoms with Gasteiger partial charge in [-0.05, 0) is 12.0 Å². The Balaban J connectivity index is 2.17. The summed E-state index contributed by atoms with van der Waals surface area (Å²) < 4.78 is 0. The van der Waals surface area contributed by atoms with E-state index in [4.69, 9.17) is 5.73 Å². The fourth-order valence-corrected chi connectivity index (χ4v) is 1.92. The van der Waals surface area contributed by atoms with E-state index in [-0.39, 0.29) is 0 Å². The van der Waals surface area contributed by atoms with Crippen molar-refractivity contribution in [1.29, 1.82) is 0 Å². The third kappa shape index (κ3) is 2.65. The zero-order chi connectivity index (χ0) is 12.3. The molecular formula is C13H17N3O. The van der Waals surface area contributed by atoms with Crippen molar-refractivity contribution in [1.82, 2.24) is 9.97 Å². The van der Waals surface area contributed by atoms with Crippen LogP contribution in [0.4, 0.5) is 5.95 Å². The number of benzene rings is 1. The highest BCUT2D eigenvalue weighted by Gasteiger charge is 2.16. The van der Waals surface area contributed by atoms with Crippen LogP contribution in [-0.2, 0) is 12.8 Å². The van der Waals surface area contributed by atoms with Gasteiger partial charge in [0.1, 0.15) is 6.10 Å². The zero-order valence-electron chi connectivity index (χ0n) is 9.85. The topological polar surface area (TPSA) is 74.9 Å². The summed E-state index contributed by atoms with van der Waals surface area (Å²) >= 11 is 0. The first-order chi connectivity index (χ1) is 8.20. The number of nitrogens with zero attached hydrogens (tertiary/aromatic N) is 1. The lowest BCUT2D eigenvalue weighted by atomic mass is 10.0. The number of aromatic nitrogens is 2. The average Bonchev–Trinajstić information content (AvgIpc) is 2.72. The number of nitrogens with two attached hydrogens (primary N) is 1. The van der Waals surface area contributed by atoms with Gasteiger partial charge < -0.3 is 15.8 Å². The molecule has 0 bridgehead atoms. The number of nitrogens with one attached hydrogen (secondary N) is 1. The Kier molecular flexibility index (Phi) is 3.44. The van der Waals surface area contributed by atoms with E-state index in [2.05, 4.69) is 9.97 Å². The van der Waals surface area contributed by atoms with Crippen molar-refractivity contribution >= 4 is 5.95 Å². The van der Waals surface area contributed by atoms with Crippen LogP contribution in [-0.4, -0.2) is 15.1 Å². The molecule has 4 nitrogen and oxygen atoms in total. The first-order valence-corrected chi connectivity index (χ1v) is 5.77. The molecule has 0 aliphatic rings. The third-order valence-corrected chi connectivity index (χ3v) is 2.77. The smallest absolute Gasteiger partial charge is 0.198 e. The van der Waals surface area contributed by atoms with Crippen molar-refractivity contribution in [3.63, 3.8) is 0 Å². The first kappa shape index (κ1) is 11.7. The molecule has 1 heterocycles. The highest BCUT2D eigenvalue weighted by molar-refractivity contribution is 5.29. The lowest BCUT2D eigenvalue weighted by Crippen LogP contribution is -2.05. The number of nitrogen functional groups attached to an aromatic ring is 1. The van der Waals surface area contributed by atoms with E-state index in [9.17, 15) is 5.11 Å². The number of aliphatic hydroxyl groups excluding tert-OH is 1. The maximum absolute atomic E-state index is 10.2. The number of hydrogen-bond donors (Lipinski definition) is 3. The molecule has 1 aromatic heterocycles. The number of aryl methyl sites for hydroxylation is 1. The molecule has 0 aliphatic carbocycles. The van der Waals surface area contributed by atoms with Gasteiger partial charge in [-0.25, -0.2) is 4.98 Å². The van der Waals surface area contributed by atoms with Crippen LogP contribution in [0.3, 0.4) is 0 Å². The molecular weight excluding hydrogens is 214 g/mol. The van der Waals surface area contributed by atoms with Crippen LogP contribution in [0.1, 0.15) is 30.0 Å². The van der Waals surface area contributed by atoms with Gasteiger partial charge in [0.25, 0.3) is 0 Å². The van der Waals surface area contributed by atoms with Crippen molar-refractivity contribution in [3.8, 4) is 0 Å². The molecule has 2 rings (SSSR count). The maximum atomic E-state index is 10.2. The predicted molar refractivity (Wildman–Crippen MR) is 67.5 cm³/mol. The van der Waals surface area contributed by atoms with Crippen LogP contribution < -0.4 is 5.73 Å². The molecule has 0 spiro atoms. The van der Waals surface area contributed by atoms with Crippen LogP contribution in [0, 0.1) is 0 Å². The van der Waals surface area contributed by atoms with Gasteiger partial charge in [-0.15, -0.1) is 0 Å². The minimum atomic E-state index is -0.610. The lowest BCUT2D eigenvalue weighted by molar-refractivity contribution is 0.173. The molecule has 17 heavy (non-hydrogen) atoms. The highest BCUT2D eigenvalue weighted by Crippen LogP contribution is 2.21. The maximum Gasteiger partial charge on any atom is 0.198 e. The van der Waals surface area contributed by atoms with Gasteiger partial charge in [0.2, 0.25) is 0 Å². The summed E-state index contributed by atoms with van der Waals surface area (Å²) in [6.07, 6.45) is 0.727. The van der Waals surface area contributed by atoms with E-state index in [0.717, 1.165) is 17.7 Å². The summed E-state index contributed by atoms with van der Waals surface area (Å²) in [4.78, 5) is 7.12. The van der Waals surface area contributed by atoms with Crippen LogP contribution >= 0.6 is 0 Å². The normalized spacial score (nSPS) is 12.6. The first-order valence-electron chi connectivity index (χ1n) is 5.77. The molecule has 4 N–H and O–H groups in total. The van der Waals surface area contributed by atoms with Crippen LogP contribution in [0.5, 0.6) is 0 Å². The van der Waals surface area contributed by atoms with Crippen molar-refractivity contribution in [2.45, 2.75) is 25.9 Å². The number of imidazole rings is 1. The number of anilines is 1. The van der Waals surface area contributed by atoms with Crippen LogP contribution in [0.15, 0.2) is 30.3 Å². The van der Waals surface area contributed by atoms with Gasteiger partial charge in [-0.3, -0.25) is 0 Å². The van der Waals surface area contributed by atoms with E-state index in [0.29, 0.717) is 18.1 Å². The Morgan fingerprint density at radius 3 is 2.71 bits per heavy atom. The largest absolute Gasteiger partial charge is 0.386 e. The number of rotatable bonds is 4. The summed E-state index contributed by atoms with van der Waals surface area (Å²) in [5.41, 5.74) is 8.26. The van der Waals surface area contributed by atoms with Crippen LogP contribution in [0.25, 0.3) is 0 Å². The van der Waals surface area contributed by atoms with E-state index < -0.39 is 6.10 Å². The number of H-pyrrole nitrogens is 1. The average molecular weight is 231 g/mol. The number of hydrogen-bond acceptors (Lipinski definition) is 3. The summed E-state index contributed by atoms with van der Waals surface area (Å²) in [5.74, 6) is 0.365. The Labute approximate surface area is 101 Å². The summed E-state index contributed by atoms with van der Waals surface area (Å²) in [7, 11) is 0. The lowest BCUT2D eigenvalue weighted by Gasteiger charge is -2.09. The number of aliphatic hydroxyl groups is 1. The van der Waals surface area contributed by atoms with Gasteiger partial charge in [0, 0.05) is 12.1 Å². The summed E-state index contributed by atoms with van der Waals surface area (Å²) in [6, 6.07) is 9.86. The molecule has 0 saturated carbocycles. The molecule has 1 unspecified atom stereocenters. The minimum Gasteiger partial charge on any atom is -0.386 e. The van der Waals surface area contributed by atoms with Crippen molar-refractivity contribution in [3.05, 3.63) is 47.3 Å². The van der Waals surface area contributed by atoms with E-state index in [1.165, 1.54) is 0 Å². The Morgan fingerprint density at radius 1 is 1.35 bits per heavy atom. The third-order valence-electron chi connectivity index (χ3n) is 2.77. The van der Waals surface area contributed by atoms with Gasteiger partial charge in [-0.2, -0.15) is 0 Å². The monoisotopic (exact) mass is 231 g/mol. The van der Waals surface area contributed by atoms with Crippen LogP contribution in [0.2, 0.25) is 0 Å². The minimum absolute atomic E-state index is 0.365. The Bertz CT molecular complexity index is 479. The van der Waals surface area contributed by atoms with Gasteiger partial charge in [-0.1, -0.05) is 37.3 Å². The standard InChI is InChI=1S/C13H17N3O/c1-2-10-12(16-13(14)15-10)11(17)8-9-6-4-3-5-7-9/h3-7,11,17H,2,8H2,1H3,(H3,14,15,16). The molecule has 0 fully saturated rings. The SMILES string of the molecule is CCc1[nH]c(N)nc1C(O)Cc1ccccc1. The molecule has 2 aromatic rings. The second kappa shape index (κ2) is 5.01. The Hall–Kier alpha value is -1.81. The molecule has 1 atom stereocenters. The molecule has 1 aromatic carbocycles. The fourth-order valence-electron chi connectivity index (χ4n) is 1.92. The number of aromatic amines is 1. The van der Waals surface area contributed by atoms with Gasteiger partial charge in [0.05, 0.1) is 5.69 Å². The van der Waals surface area contributed by atoms with E-state index in [1.807, 2.05) is 37.3 Å². The molecule has 4 heteroatoms. The van der Waals surface area contributed by atoms with Crippen molar-refractivity contribution in [2.75, 3.05) is 5.73 Å². The highest BCUT2D eigenvalue weighted by atomic mass is 16.3. The Morgan fingerprint density at radius 2 is 2.06 bits per heavy atom. The molecule has 0 saturated heterocycles. The summed E-state index contributed by atoms with van der Waals surface area (Å²) in [5, 5.41) is 10.2. The van der Waals surface area contributed by atoms with Crippen molar-refractivity contribution < 1.29 is 5.11 Å². The zero-order valence-corrected chi connectivity index (χ0v) is 9.85. The van der Waals surface area contributed by atoms with E-state index >= 15 is 0 Å². The van der Waals surface area contributed by atoms with E-state index in [1.54, 1.807) is 0 Å². The van der Waals surface area contributed by atoms with Crippen molar-refractivity contribution in [2.24, 2.45) is 0 Å². The second-order valence-corrected chi connectivity index (χ2v) is 4.04. The molecule has 0 amide bonds. The summed E-state index contributed by atoms with van der Waals surface area (Å²) in [6.45, 7) is 2.01. The molecule has 90 valence electrons. The van der Waals surface area contributed by atoms with Gasteiger partial charge in [0.15, 0.2) is 5.95 Å². The predicted octanol–water partition coefficient (Wildman–Crippen LogP) is 1.83. The fraction of sp³-hybridized carbons (Fsp3) is 0.308. The second-order valence-electron chi connectivity index (χ2n) is 4.04.